The first-order valence-corrected chi connectivity index (χ1v) is 6.80. The topological polar surface area (TPSA) is 26.7 Å². The molecule has 100 valence electrons. The van der Waals surface area contributed by atoms with Gasteiger partial charge >= 0.3 is 0 Å². The molecule has 1 aliphatic rings. The van der Waals surface area contributed by atoms with E-state index in [1.165, 1.54) is 0 Å². The van der Waals surface area contributed by atoms with E-state index < -0.39 is 0 Å². The SMILES string of the molecule is CC1CN(C)CC(CO)N(c2ccccc2Cl)C1. The van der Waals surface area contributed by atoms with Crippen LogP contribution in [0.15, 0.2) is 24.3 Å². The third-order valence-electron chi connectivity index (χ3n) is 3.47. The predicted octanol–water partition coefficient (Wildman–Crippen LogP) is 2.09. The Morgan fingerprint density at radius 3 is 2.67 bits per heavy atom. The molecule has 1 heterocycles. The molecule has 1 N–H and O–H groups in total. The van der Waals surface area contributed by atoms with Gasteiger partial charge in [0.05, 0.1) is 23.4 Å². The van der Waals surface area contributed by atoms with Crippen molar-refractivity contribution in [3.05, 3.63) is 29.3 Å². The van der Waals surface area contributed by atoms with E-state index in [-0.39, 0.29) is 12.6 Å². The van der Waals surface area contributed by atoms with Crippen molar-refractivity contribution in [2.45, 2.75) is 13.0 Å². The fourth-order valence-electron chi connectivity index (χ4n) is 2.74. The lowest BCUT2D eigenvalue weighted by molar-refractivity contribution is 0.226. The molecule has 1 fully saturated rings. The van der Waals surface area contributed by atoms with Gasteiger partial charge in [-0.05, 0) is 25.1 Å². The molecule has 0 aliphatic carbocycles. The molecule has 3 nitrogen and oxygen atoms in total. The van der Waals surface area contributed by atoms with Crippen molar-refractivity contribution in [2.75, 3.05) is 38.2 Å². The van der Waals surface area contributed by atoms with E-state index in [0.717, 1.165) is 30.3 Å². The molecule has 2 atom stereocenters. The number of rotatable bonds is 2. The Kier molecular flexibility index (Phi) is 4.49. The Morgan fingerprint density at radius 2 is 2.00 bits per heavy atom. The van der Waals surface area contributed by atoms with Crippen LogP contribution in [0.3, 0.4) is 0 Å². The molecule has 0 bridgehead atoms. The number of para-hydroxylation sites is 1. The van der Waals surface area contributed by atoms with Crippen LogP contribution < -0.4 is 4.90 Å². The maximum atomic E-state index is 9.63. The first-order valence-electron chi connectivity index (χ1n) is 6.42. The number of aliphatic hydroxyl groups is 1. The second-order valence-electron chi connectivity index (χ2n) is 5.27. The van der Waals surface area contributed by atoms with Gasteiger partial charge in [-0.25, -0.2) is 0 Å². The number of hydrogen-bond acceptors (Lipinski definition) is 3. The summed E-state index contributed by atoms with van der Waals surface area (Å²) in [6, 6.07) is 7.98. The molecule has 0 radical (unpaired) electrons. The number of halogens is 1. The molecule has 1 saturated heterocycles. The Balaban J connectivity index is 2.30. The quantitative estimate of drug-likeness (QED) is 0.890. The van der Waals surface area contributed by atoms with Crippen LogP contribution in [-0.4, -0.2) is 49.3 Å². The highest BCUT2D eigenvalue weighted by molar-refractivity contribution is 6.33. The lowest BCUT2D eigenvalue weighted by Gasteiger charge is -2.32. The standard InChI is InChI=1S/C14H21ClN2O/c1-11-7-16(2)9-12(10-18)17(8-11)14-6-4-3-5-13(14)15/h3-6,11-12,18H,7-10H2,1-2H3. The number of likely N-dealkylation sites (N-methyl/N-ethyl adjacent to an activating group) is 1. The van der Waals surface area contributed by atoms with Gasteiger partial charge in [-0.3, -0.25) is 0 Å². The lowest BCUT2D eigenvalue weighted by Crippen LogP contribution is -2.43. The fourth-order valence-corrected chi connectivity index (χ4v) is 2.99. The smallest absolute Gasteiger partial charge is 0.0648 e. The molecule has 0 aromatic heterocycles. The number of aliphatic hydroxyl groups excluding tert-OH is 1. The van der Waals surface area contributed by atoms with Gasteiger partial charge in [0.2, 0.25) is 0 Å². The zero-order chi connectivity index (χ0) is 13.1. The van der Waals surface area contributed by atoms with Crippen molar-refractivity contribution in [3.8, 4) is 0 Å². The fraction of sp³-hybridized carbons (Fsp3) is 0.571. The van der Waals surface area contributed by atoms with E-state index in [1.807, 2.05) is 24.3 Å². The van der Waals surface area contributed by atoms with E-state index in [0.29, 0.717) is 5.92 Å². The van der Waals surface area contributed by atoms with Gasteiger partial charge in [0.1, 0.15) is 0 Å². The molecule has 0 spiro atoms. The van der Waals surface area contributed by atoms with Crippen molar-refractivity contribution in [1.29, 1.82) is 0 Å². The molecule has 2 unspecified atom stereocenters. The van der Waals surface area contributed by atoms with Crippen LogP contribution in [0.2, 0.25) is 5.02 Å². The Morgan fingerprint density at radius 1 is 1.28 bits per heavy atom. The third-order valence-corrected chi connectivity index (χ3v) is 3.79. The van der Waals surface area contributed by atoms with Crippen molar-refractivity contribution in [1.82, 2.24) is 4.90 Å². The van der Waals surface area contributed by atoms with Crippen LogP contribution >= 0.6 is 11.6 Å². The number of hydrogen-bond donors (Lipinski definition) is 1. The first kappa shape index (κ1) is 13.7. The maximum Gasteiger partial charge on any atom is 0.0648 e. The largest absolute Gasteiger partial charge is 0.394 e. The van der Waals surface area contributed by atoms with Crippen LogP contribution in [0.4, 0.5) is 5.69 Å². The molecule has 1 aliphatic heterocycles. The van der Waals surface area contributed by atoms with Gasteiger partial charge in [0.15, 0.2) is 0 Å². The highest BCUT2D eigenvalue weighted by atomic mass is 35.5. The van der Waals surface area contributed by atoms with Crippen molar-refractivity contribution < 1.29 is 5.11 Å². The Labute approximate surface area is 114 Å². The lowest BCUT2D eigenvalue weighted by atomic mass is 10.1. The summed E-state index contributed by atoms with van der Waals surface area (Å²) >= 11 is 6.28. The summed E-state index contributed by atoms with van der Waals surface area (Å²) in [6.07, 6.45) is 0. The summed E-state index contributed by atoms with van der Waals surface area (Å²) in [6.45, 7) is 5.24. The summed E-state index contributed by atoms with van der Waals surface area (Å²) in [7, 11) is 2.11. The Hall–Kier alpha value is -0.770. The van der Waals surface area contributed by atoms with E-state index in [9.17, 15) is 5.11 Å². The first-order chi connectivity index (χ1) is 8.61. The molecule has 2 rings (SSSR count). The average Bonchev–Trinajstić information content (AvgIpc) is 2.48. The van der Waals surface area contributed by atoms with Gasteiger partial charge in [0.25, 0.3) is 0 Å². The van der Waals surface area contributed by atoms with Crippen LogP contribution in [0.25, 0.3) is 0 Å². The second kappa shape index (κ2) is 5.91. The van der Waals surface area contributed by atoms with E-state index >= 15 is 0 Å². The van der Waals surface area contributed by atoms with Crippen molar-refractivity contribution in [3.63, 3.8) is 0 Å². The minimum atomic E-state index is 0.111. The molecule has 1 aromatic carbocycles. The van der Waals surface area contributed by atoms with E-state index in [4.69, 9.17) is 11.6 Å². The van der Waals surface area contributed by atoms with Gasteiger partial charge in [-0.15, -0.1) is 0 Å². The van der Waals surface area contributed by atoms with Gasteiger partial charge in [-0.2, -0.15) is 0 Å². The second-order valence-corrected chi connectivity index (χ2v) is 5.67. The zero-order valence-corrected chi connectivity index (χ0v) is 11.8. The summed E-state index contributed by atoms with van der Waals surface area (Å²) in [5.74, 6) is 0.558. The summed E-state index contributed by atoms with van der Waals surface area (Å²) in [5.41, 5.74) is 1.03. The van der Waals surface area contributed by atoms with Crippen LogP contribution in [-0.2, 0) is 0 Å². The van der Waals surface area contributed by atoms with Gasteiger partial charge in [-0.1, -0.05) is 30.7 Å². The normalized spacial score (nSPS) is 26.1. The van der Waals surface area contributed by atoms with Crippen LogP contribution in [0.1, 0.15) is 6.92 Å². The van der Waals surface area contributed by atoms with E-state index in [2.05, 4.69) is 23.8 Å². The summed E-state index contributed by atoms with van der Waals surface area (Å²) in [5, 5.41) is 10.4. The van der Waals surface area contributed by atoms with Gasteiger partial charge in [0, 0.05) is 19.6 Å². The van der Waals surface area contributed by atoms with Crippen LogP contribution in [0.5, 0.6) is 0 Å². The van der Waals surface area contributed by atoms with Gasteiger partial charge < -0.3 is 14.9 Å². The third kappa shape index (κ3) is 2.97. The zero-order valence-electron chi connectivity index (χ0n) is 11.0. The van der Waals surface area contributed by atoms with Crippen molar-refractivity contribution in [2.24, 2.45) is 5.92 Å². The predicted molar refractivity (Wildman–Crippen MR) is 76.3 cm³/mol. The van der Waals surface area contributed by atoms with E-state index in [1.54, 1.807) is 0 Å². The van der Waals surface area contributed by atoms with Crippen molar-refractivity contribution >= 4 is 17.3 Å². The average molecular weight is 269 g/mol. The minimum Gasteiger partial charge on any atom is -0.394 e. The number of nitrogens with zero attached hydrogens (tertiary/aromatic N) is 2. The number of benzene rings is 1. The molecule has 18 heavy (non-hydrogen) atoms. The highest BCUT2D eigenvalue weighted by Crippen LogP contribution is 2.29. The summed E-state index contributed by atoms with van der Waals surface area (Å²) in [4.78, 5) is 4.53. The molecular weight excluding hydrogens is 248 g/mol. The monoisotopic (exact) mass is 268 g/mol. The molecule has 0 amide bonds. The molecule has 1 aromatic rings. The molecular formula is C14H21ClN2O. The highest BCUT2D eigenvalue weighted by Gasteiger charge is 2.27. The molecule has 4 heteroatoms. The Bertz CT molecular complexity index is 399. The van der Waals surface area contributed by atoms with Crippen LogP contribution in [0, 0.1) is 5.92 Å². The molecule has 0 saturated carbocycles. The maximum absolute atomic E-state index is 9.63. The number of anilines is 1. The summed E-state index contributed by atoms with van der Waals surface area (Å²) < 4.78 is 0. The minimum absolute atomic E-state index is 0.111.